The Hall–Kier alpha value is -2.82. The van der Waals surface area contributed by atoms with E-state index in [0.717, 1.165) is 5.69 Å². The van der Waals surface area contributed by atoms with Crippen LogP contribution in [0.5, 0.6) is 5.75 Å². The minimum absolute atomic E-state index is 0.0399. The third-order valence-corrected chi connectivity index (χ3v) is 4.99. The number of rotatable bonds is 4. The molecule has 1 aliphatic heterocycles. The largest absolute Gasteiger partial charge is 0.479 e. The molecule has 1 aliphatic rings. The van der Waals surface area contributed by atoms with Gasteiger partial charge in [-0.15, -0.1) is 0 Å². The number of carbonyl (C=O) groups is 2. The fourth-order valence-corrected chi connectivity index (χ4v) is 3.37. The molecule has 0 aromatic heterocycles. The van der Waals surface area contributed by atoms with E-state index in [2.05, 4.69) is 39.9 Å². The minimum Gasteiger partial charge on any atom is -0.479 e. The second-order valence-corrected chi connectivity index (χ2v) is 9.07. The summed E-state index contributed by atoms with van der Waals surface area (Å²) in [6.45, 7) is 13.0. The first-order chi connectivity index (χ1) is 13.6. The van der Waals surface area contributed by atoms with Crippen LogP contribution in [0.15, 0.2) is 42.5 Å². The topological polar surface area (TPSA) is 58.6 Å². The quantitative estimate of drug-likeness (QED) is 0.793. The third kappa shape index (κ3) is 4.61. The summed E-state index contributed by atoms with van der Waals surface area (Å²) in [6.07, 6.45) is -0.544. The number of hydrogen-bond acceptors (Lipinski definition) is 3. The van der Waals surface area contributed by atoms with Crippen molar-refractivity contribution in [3.63, 3.8) is 0 Å². The Bertz CT molecular complexity index is 911. The molecule has 0 aliphatic carbocycles. The molecule has 154 valence electrons. The summed E-state index contributed by atoms with van der Waals surface area (Å²) in [5.41, 5.74) is 3.21. The molecule has 0 saturated heterocycles. The number of nitrogens with one attached hydrogen (secondary N) is 1. The SMILES string of the molecule is CC(C)CN1C(=O)C(C)Oc2cc(NC(=O)c3ccc(C(C)(C)C)cc3)ccc21. The molecule has 5 heteroatoms. The average molecular weight is 395 g/mol. The first-order valence-corrected chi connectivity index (χ1v) is 10.1. The van der Waals surface area contributed by atoms with E-state index < -0.39 is 6.10 Å². The minimum atomic E-state index is -0.544. The molecule has 0 bridgehead atoms. The van der Waals surface area contributed by atoms with Crippen molar-refractivity contribution in [1.82, 2.24) is 0 Å². The summed E-state index contributed by atoms with van der Waals surface area (Å²) in [5.74, 6) is 0.734. The van der Waals surface area contributed by atoms with Crippen LogP contribution in [0.3, 0.4) is 0 Å². The van der Waals surface area contributed by atoms with Crippen LogP contribution in [-0.2, 0) is 10.2 Å². The molecule has 1 atom stereocenters. The van der Waals surface area contributed by atoms with Gasteiger partial charge in [0.15, 0.2) is 6.10 Å². The van der Waals surface area contributed by atoms with Gasteiger partial charge in [-0.25, -0.2) is 0 Å². The number of amides is 2. The zero-order chi connectivity index (χ0) is 21.3. The van der Waals surface area contributed by atoms with Gasteiger partial charge in [-0.3, -0.25) is 9.59 Å². The molecule has 0 radical (unpaired) electrons. The van der Waals surface area contributed by atoms with Crippen LogP contribution < -0.4 is 15.0 Å². The van der Waals surface area contributed by atoms with Crippen LogP contribution in [0.25, 0.3) is 0 Å². The van der Waals surface area contributed by atoms with Crippen LogP contribution in [0.4, 0.5) is 11.4 Å². The fraction of sp³-hybridized carbons (Fsp3) is 0.417. The van der Waals surface area contributed by atoms with Gasteiger partial charge in [-0.05, 0) is 48.1 Å². The van der Waals surface area contributed by atoms with E-state index >= 15 is 0 Å². The Morgan fingerprint density at radius 3 is 2.38 bits per heavy atom. The van der Waals surface area contributed by atoms with Crippen molar-refractivity contribution in [1.29, 1.82) is 0 Å². The first kappa shape index (κ1) is 20.9. The zero-order valence-electron chi connectivity index (χ0n) is 18.1. The normalized spacial score (nSPS) is 16.4. The third-order valence-electron chi connectivity index (χ3n) is 4.99. The van der Waals surface area contributed by atoms with Gasteiger partial charge in [0.05, 0.1) is 5.69 Å². The van der Waals surface area contributed by atoms with E-state index in [1.54, 1.807) is 24.0 Å². The van der Waals surface area contributed by atoms with Gasteiger partial charge >= 0.3 is 0 Å². The van der Waals surface area contributed by atoms with E-state index in [9.17, 15) is 9.59 Å². The van der Waals surface area contributed by atoms with Crippen LogP contribution in [0.2, 0.25) is 0 Å². The Kier molecular flexibility index (Phi) is 5.69. The molecular formula is C24H30N2O3. The highest BCUT2D eigenvalue weighted by atomic mass is 16.5. The number of hydrogen-bond donors (Lipinski definition) is 1. The van der Waals surface area contributed by atoms with Gasteiger partial charge in [0.25, 0.3) is 11.8 Å². The van der Waals surface area contributed by atoms with Crippen molar-refractivity contribution in [2.45, 2.75) is 53.1 Å². The predicted molar refractivity (Wildman–Crippen MR) is 117 cm³/mol. The molecule has 5 nitrogen and oxygen atoms in total. The summed E-state index contributed by atoms with van der Waals surface area (Å²) in [5, 5.41) is 2.93. The molecular weight excluding hydrogens is 364 g/mol. The number of carbonyl (C=O) groups excluding carboxylic acids is 2. The van der Waals surface area contributed by atoms with Crippen molar-refractivity contribution in [2.24, 2.45) is 5.92 Å². The van der Waals surface area contributed by atoms with Crippen LogP contribution >= 0.6 is 0 Å². The van der Waals surface area contributed by atoms with Crippen molar-refractivity contribution < 1.29 is 14.3 Å². The van der Waals surface area contributed by atoms with Gasteiger partial charge < -0.3 is 15.0 Å². The molecule has 1 N–H and O–H groups in total. The molecule has 29 heavy (non-hydrogen) atoms. The van der Waals surface area contributed by atoms with Gasteiger partial charge in [-0.1, -0.05) is 46.8 Å². The standard InChI is InChI=1S/C24H30N2O3/c1-15(2)14-26-20-12-11-19(13-21(20)29-16(3)23(26)28)25-22(27)17-7-9-18(10-8-17)24(4,5)6/h7-13,15-16H,14H2,1-6H3,(H,25,27). The van der Waals surface area contributed by atoms with Gasteiger partial charge in [0, 0.05) is 23.9 Å². The average Bonchev–Trinajstić information content (AvgIpc) is 2.64. The van der Waals surface area contributed by atoms with Crippen LogP contribution in [0, 0.1) is 5.92 Å². The van der Waals surface area contributed by atoms with Crippen molar-refractivity contribution >= 4 is 23.2 Å². The highest BCUT2D eigenvalue weighted by molar-refractivity contribution is 6.05. The second-order valence-electron chi connectivity index (χ2n) is 9.07. The molecule has 2 amide bonds. The fourth-order valence-electron chi connectivity index (χ4n) is 3.37. The van der Waals surface area contributed by atoms with E-state index in [1.165, 1.54) is 5.56 Å². The summed E-state index contributed by atoms with van der Waals surface area (Å²) in [4.78, 5) is 26.9. The lowest BCUT2D eigenvalue weighted by Gasteiger charge is -2.34. The number of benzene rings is 2. The van der Waals surface area contributed by atoms with E-state index in [-0.39, 0.29) is 17.2 Å². The van der Waals surface area contributed by atoms with Crippen LogP contribution in [0.1, 0.15) is 57.5 Å². The molecule has 1 heterocycles. The maximum atomic E-state index is 12.7. The Morgan fingerprint density at radius 2 is 1.79 bits per heavy atom. The highest BCUT2D eigenvalue weighted by Crippen LogP contribution is 2.37. The molecule has 0 saturated carbocycles. The maximum absolute atomic E-state index is 12.7. The van der Waals surface area contributed by atoms with Crippen molar-refractivity contribution in [3.05, 3.63) is 53.6 Å². The molecule has 3 rings (SSSR count). The van der Waals surface area contributed by atoms with Crippen molar-refractivity contribution in [3.8, 4) is 5.75 Å². The summed E-state index contributed by atoms with van der Waals surface area (Å²) in [6, 6.07) is 13.1. The van der Waals surface area contributed by atoms with Crippen LogP contribution in [-0.4, -0.2) is 24.5 Å². The van der Waals surface area contributed by atoms with Gasteiger partial charge in [0.2, 0.25) is 0 Å². The molecule has 0 spiro atoms. The molecule has 2 aromatic rings. The summed E-state index contributed by atoms with van der Waals surface area (Å²) in [7, 11) is 0. The number of fused-ring (bicyclic) bond motifs is 1. The lowest BCUT2D eigenvalue weighted by atomic mass is 9.87. The monoisotopic (exact) mass is 394 g/mol. The lowest BCUT2D eigenvalue weighted by molar-refractivity contribution is -0.125. The Balaban J connectivity index is 1.80. The van der Waals surface area contributed by atoms with E-state index in [4.69, 9.17) is 4.74 Å². The smallest absolute Gasteiger partial charge is 0.267 e. The second kappa shape index (κ2) is 7.90. The number of ether oxygens (including phenoxy) is 1. The lowest BCUT2D eigenvalue weighted by Crippen LogP contribution is -2.46. The predicted octanol–water partition coefficient (Wildman–Crippen LogP) is 5.01. The number of nitrogens with zero attached hydrogens (tertiary/aromatic N) is 1. The Morgan fingerprint density at radius 1 is 1.14 bits per heavy atom. The van der Waals surface area contributed by atoms with Crippen molar-refractivity contribution in [2.75, 3.05) is 16.8 Å². The molecule has 1 unspecified atom stereocenters. The summed E-state index contributed by atoms with van der Waals surface area (Å²) < 4.78 is 5.79. The highest BCUT2D eigenvalue weighted by Gasteiger charge is 2.32. The van der Waals surface area contributed by atoms with Gasteiger partial charge in [0.1, 0.15) is 5.75 Å². The molecule has 0 fully saturated rings. The van der Waals surface area contributed by atoms with E-state index in [0.29, 0.717) is 29.5 Å². The van der Waals surface area contributed by atoms with E-state index in [1.807, 2.05) is 30.3 Å². The zero-order valence-corrected chi connectivity index (χ0v) is 18.1. The number of anilines is 2. The Labute approximate surface area is 173 Å². The maximum Gasteiger partial charge on any atom is 0.267 e. The first-order valence-electron chi connectivity index (χ1n) is 10.1. The summed E-state index contributed by atoms with van der Waals surface area (Å²) >= 11 is 0. The van der Waals surface area contributed by atoms with Gasteiger partial charge in [-0.2, -0.15) is 0 Å². The molecule has 2 aromatic carbocycles.